The van der Waals surface area contributed by atoms with Crippen molar-refractivity contribution in [2.75, 3.05) is 14.2 Å². The Labute approximate surface area is 208 Å². The van der Waals surface area contributed by atoms with Gasteiger partial charge in [0.1, 0.15) is 11.6 Å². The Balaban J connectivity index is 2.00. The Bertz CT molecular complexity index is 1490. The van der Waals surface area contributed by atoms with Crippen molar-refractivity contribution in [3.8, 4) is 22.5 Å². The molecule has 1 N–H and O–H groups in total. The van der Waals surface area contributed by atoms with E-state index in [0.717, 1.165) is 0 Å². The van der Waals surface area contributed by atoms with Crippen molar-refractivity contribution in [3.05, 3.63) is 70.9 Å². The highest BCUT2D eigenvalue weighted by Gasteiger charge is 2.29. The van der Waals surface area contributed by atoms with E-state index in [1.807, 2.05) is 0 Å². The predicted molar refractivity (Wildman–Crippen MR) is 126 cm³/mol. The van der Waals surface area contributed by atoms with Crippen molar-refractivity contribution in [2.24, 2.45) is 0 Å². The number of methoxy groups -OCH3 is 1. The maximum atomic E-state index is 13.5. The Kier molecular flexibility index (Phi) is 6.97. The maximum Gasteiger partial charge on any atom is 0.389 e. The number of amides is 1. The fourth-order valence-corrected chi connectivity index (χ4v) is 3.91. The van der Waals surface area contributed by atoms with E-state index in [9.17, 15) is 27.2 Å². The van der Waals surface area contributed by atoms with Crippen LogP contribution in [0.4, 0.5) is 17.6 Å². The van der Waals surface area contributed by atoms with Gasteiger partial charge < -0.3 is 14.5 Å². The molecule has 1 aromatic carbocycles. The molecule has 4 rings (SSSR count). The van der Waals surface area contributed by atoms with Crippen LogP contribution in [0.1, 0.15) is 38.5 Å². The zero-order valence-electron chi connectivity index (χ0n) is 20.0. The quantitative estimate of drug-likeness (QED) is 0.264. The molecule has 0 unspecified atom stereocenters. The molecule has 0 aliphatic carbocycles. The summed E-state index contributed by atoms with van der Waals surface area (Å²) in [5.41, 5.74) is 1.48. The molecule has 11 heteroatoms. The van der Waals surface area contributed by atoms with Crippen molar-refractivity contribution in [2.45, 2.75) is 25.9 Å². The molecule has 0 spiro atoms. The minimum Gasteiger partial charge on any atom is -0.465 e. The zero-order chi connectivity index (χ0) is 26.9. The molecule has 0 aliphatic rings. The molecule has 0 radical (unpaired) electrons. The third-order valence-corrected chi connectivity index (χ3v) is 5.77. The lowest BCUT2D eigenvalue weighted by atomic mass is 9.97. The number of fused-ring (bicyclic) bond motifs is 1. The number of rotatable bonds is 6. The lowest BCUT2D eigenvalue weighted by Crippen LogP contribution is -2.18. The SMILES string of the molecule is CNC(=O)c1c(-c2ccc(F)cc2)oc2nc(CCC(F)(F)F)c(-c3cnc(C)c(C(=O)OC)c3)cc12. The highest BCUT2D eigenvalue weighted by molar-refractivity contribution is 6.11. The van der Waals surface area contributed by atoms with Crippen LogP contribution in [0, 0.1) is 12.7 Å². The van der Waals surface area contributed by atoms with E-state index in [2.05, 4.69) is 15.3 Å². The number of nitrogens with one attached hydrogen (secondary N) is 1. The number of esters is 1. The van der Waals surface area contributed by atoms with Gasteiger partial charge in [-0.25, -0.2) is 14.2 Å². The molecule has 1 amide bonds. The number of furan rings is 1. The molecule has 0 bridgehead atoms. The lowest BCUT2D eigenvalue weighted by molar-refractivity contribution is -0.134. The molecule has 4 aromatic rings. The first-order valence-corrected chi connectivity index (χ1v) is 11.1. The van der Waals surface area contributed by atoms with Crippen LogP contribution in [0.2, 0.25) is 0 Å². The zero-order valence-corrected chi connectivity index (χ0v) is 20.0. The summed E-state index contributed by atoms with van der Waals surface area (Å²) in [6, 6.07) is 8.15. The highest BCUT2D eigenvalue weighted by atomic mass is 19.4. The molecule has 37 heavy (non-hydrogen) atoms. The number of benzene rings is 1. The highest BCUT2D eigenvalue weighted by Crippen LogP contribution is 2.37. The minimum atomic E-state index is -4.45. The van der Waals surface area contributed by atoms with Gasteiger partial charge in [-0.1, -0.05) is 0 Å². The standard InChI is InChI=1S/C26H21F4N3O4/c1-13-17(25(35)36-3)10-15(12-32-13)18-11-19-21(23(34)31-2)22(14-4-6-16(27)7-5-14)37-24(19)33-20(18)8-9-26(28,29)30/h4-7,10-12H,8-9H2,1-3H3,(H,31,34). The summed E-state index contributed by atoms with van der Waals surface area (Å²) in [7, 11) is 2.61. The van der Waals surface area contributed by atoms with Gasteiger partial charge in [0.25, 0.3) is 5.91 Å². The first kappa shape index (κ1) is 25.8. The average molecular weight is 515 g/mol. The van der Waals surface area contributed by atoms with Crippen molar-refractivity contribution in [1.29, 1.82) is 0 Å². The van der Waals surface area contributed by atoms with E-state index in [4.69, 9.17) is 9.15 Å². The number of hydrogen-bond acceptors (Lipinski definition) is 6. The molecular formula is C26H21F4N3O4. The maximum absolute atomic E-state index is 13.5. The van der Waals surface area contributed by atoms with Crippen LogP contribution in [0.25, 0.3) is 33.6 Å². The fourth-order valence-electron chi connectivity index (χ4n) is 3.91. The van der Waals surface area contributed by atoms with Crippen molar-refractivity contribution >= 4 is 23.0 Å². The summed E-state index contributed by atoms with van der Waals surface area (Å²) in [6.07, 6.45) is -4.69. The van der Waals surface area contributed by atoms with Gasteiger partial charge in [-0.05, 0) is 49.7 Å². The minimum absolute atomic E-state index is 0.0363. The molecule has 0 saturated heterocycles. The number of aryl methyl sites for hydroxylation is 2. The molecule has 192 valence electrons. The summed E-state index contributed by atoms with van der Waals surface area (Å²) in [6.45, 7) is 1.59. The number of pyridine rings is 2. The number of aromatic nitrogens is 2. The Morgan fingerprint density at radius 3 is 2.43 bits per heavy atom. The summed E-state index contributed by atoms with van der Waals surface area (Å²) in [4.78, 5) is 33.6. The third-order valence-electron chi connectivity index (χ3n) is 5.77. The summed E-state index contributed by atoms with van der Waals surface area (Å²) in [5, 5.41) is 2.74. The van der Waals surface area contributed by atoms with Crippen LogP contribution in [0.15, 0.2) is 47.0 Å². The van der Waals surface area contributed by atoms with Crippen LogP contribution in [-0.4, -0.2) is 42.2 Å². The van der Waals surface area contributed by atoms with Crippen LogP contribution >= 0.6 is 0 Å². The van der Waals surface area contributed by atoms with E-state index < -0.39 is 36.7 Å². The molecule has 0 aliphatic heterocycles. The number of alkyl halides is 3. The molecule has 7 nitrogen and oxygen atoms in total. The van der Waals surface area contributed by atoms with Gasteiger partial charge in [0.15, 0.2) is 0 Å². The van der Waals surface area contributed by atoms with E-state index in [1.165, 1.54) is 56.8 Å². The summed E-state index contributed by atoms with van der Waals surface area (Å²) < 4.78 is 63.5. The largest absolute Gasteiger partial charge is 0.465 e. The summed E-state index contributed by atoms with van der Waals surface area (Å²) >= 11 is 0. The van der Waals surface area contributed by atoms with E-state index in [0.29, 0.717) is 16.8 Å². The van der Waals surface area contributed by atoms with Gasteiger partial charge in [-0.3, -0.25) is 9.78 Å². The Morgan fingerprint density at radius 1 is 1.11 bits per heavy atom. The van der Waals surface area contributed by atoms with Gasteiger partial charge in [-0.2, -0.15) is 13.2 Å². The number of carbonyl (C=O) groups is 2. The van der Waals surface area contributed by atoms with Crippen molar-refractivity contribution < 1.29 is 36.3 Å². The third kappa shape index (κ3) is 5.30. The second-order valence-corrected chi connectivity index (χ2v) is 8.19. The van der Waals surface area contributed by atoms with E-state index in [-0.39, 0.29) is 39.2 Å². The van der Waals surface area contributed by atoms with E-state index in [1.54, 1.807) is 6.92 Å². The fraction of sp³-hybridized carbons (Fsp3) is 0.231. The topological polar surface area (TPSA) is 94.3 Å². The monoisotopic (exact) mass is 515 g/mol. The Morgan fingerprint density at radius 2 is 1.81 bits per heavy atom. The van der Waals surface area contributed by atoms with Crippen LogP contribution in [0.3, 0.4) is 0 Å². The van der Waals surface area contributed by atoms with Gasteiger partial charge in [0.05, 0.1) is 35.0 Å². The molecule has 0 fully saturated rings. The van der Waals surface area contributed by atoms with Crippen molar-refractivity contribution in [3.63, 3.8) is 0 Å². The average Bonchev–Trinajstić information content (AvgIpc) is 3.24. The van der Waals surface area contributed by atoms with Crippen LogP contribution < -0.4 is 5.32 Å². The van der Waals surface area contributed by atoms with E-state index >= 15 is 0 Å². The smallest absolute Gasteiger partial charge is 0.389 e. The molecule has 0 saturated carbocycles. The second kappa shape index (κ2) is 10.00. The summed E-state index contributed by atoms with van der Waals surface area (Å²) in [5.74, 6) is -1.61. The first-order chi connectivity index (χ1) is 17.5. The molecular weight excluding hydrogens is 494 g/mol. The van der Waals surface area contributed by atoms with Gasteiger partial charge in [0, 0.05) is 36.4 Å². The number of hydrogen-bond donors (Lipinski definition) is 1. The number of nitrogens with zero attached hydrogens (tertiary/aromatic N) is 2. The molecule has 0 atom stereocenters. The molecule has 3 aromatic heterocycles. The normalized spacial score (nSPS) is 11.5. The van der Waals surface area contributed by atoms with Gasteiger partial charge >= 0.3 is 12.1 Å². The van der Waals surface area contributed by atoms with Crippen molar-refractivity contribution in [1.82, 2.24) is 15.3 Å². The van der Waals surface area contributed by atoms with Gasteiger partial charge in [-0.15, -0.1) is 0 Å². The lowest BCUT2D eigenvalue weighted by Gasteiger charge is -2.12. The molecule has 3 heterocycles. The predicted octanol–water partition coefficient (Wildman–Crippen LogP) is 5.65. The number of carbonyl (C=O) groups excluding carboxylic acids is 2. The number of halogens is 4. The van der Waals surface area contributed by atoms with Gasteiger partial charge in [0.2, 0.25) is 5.71 Å². The van der Waals surface area contributed by atoms with Crippen LogP contribution in [0.5, 0.6) is 0 Å². The second-order valence-electron chi connectivity index (χ2n) is 8.19. The first-order valence-electron chi connectivity index (χ1n) is 11.1. The Hall–Kier alpha value is -4.28. The number of ether oxygens (including phenoxy) is 1. The van der Waals surface area contributed by atoms with Crippen LogP contribution in [-0.2, 0) is 11.2 Å².